The third-order valence-electron chi connectivity index (χ3n) is 2.69. The van der Waals surface area contributed by atoms with Crippen molar-refractivity contribution in [2.24, 2.45) is 5.92 Å². The first-order valence-electron chi connectivity index (χ1n) is 5.44. The third-order valence-corrected chi connectivity index (χ3v) is 2.69. The predicted octanol–water partition coefficient (Wildman–Crippen LogP) is 3.12. The van der Waals surface area contributed by atoms with Crippen LogP contribution in [0.2, 0.25) is 0 Å². The molecule has 0 amide bonds. The molecule has 0 spiro atoms. The molecule has 0 aromatic heterocycles. The van der Waals surface area contributed by atoms with Crippen molar-refractivity contribution in [3.05, 3.63) is 29.8 Å². The SMILES string of the molecule is FC(F)(F)c1ccccc1OCC1CCOC1. The average Bonchev–Trinajstić information content (AvgIpc) is 2.78. The van der Waals surface area contributed by atoms with Gasteiger partial charge in [0, 0.05) is 12.5 Å². The molecule has 1 unspecified atom stereocenters. The van der Waals surface area contributed by atoms with Gasteiger partial charge >= 0.3 is 6.18 Å². The summed E-state index contributed by atoms with van der Waals surface area (Å²) in [5, 5.41) is 0. The molecule has 17 heavy (non-hydrogen) atoms. The van der Waals surface area contributed by atoms with Crippen LogP contribution in [0.5, 0.6) is 5.75 Å². The quantitative estimate of drug-likeness (QED) is 0.815. The van der Waals surface area contributed by atoms with Crippen molar-refractivity contribution in [2.75, 3.05) is 19.8 Å². The number of ether oxygens (including phenoxy) is 2. The van der Waals surface area contributed by atoms with E-state index in [2.05, 4.69) is 0 Å². The lowest BCUT2D eigenvalue weighted by atomic mass is 10.1. The molecule has 2 rings (SSSR count). The van der Waals surface area contributed by atoms with Crippen molar-refractivity contribution in [3.63, 3.8) is 0 Å². The van der Waals surface area contributed by atoms with E-state index in [1.165, 1.54) is 18.2 Å². The molecule has 1 aromatic rings. The lowest BCUT2D eigenvalue weighted by molar-refractivity contribution is -0.139. The van der Waals surface area contributed by atoms with Gasteiger partial charge in [-0.3, -0.25) is 0 Å². The molecule has 2 nitrogen and oxygen atoms in total. The number of hydrogen-bond donors (Lipinski definition) is 0. The van der Waals surface area contributed by atoms with Crippen molar-refractivity contribution >= 4 is 0 Å². The summed E-state index contributed by atoms with van der Waals surface area (Å²) in [5.41, 5.74) is -0.723. The highest BCUT2D eigenvalue weighted by Crippen LogP contribution is 2.36. The summed E-state index contributed by atoms with van der Waals surface area (Å²) in [5.74, 6) is 0.0863. The molecule has 0 aliphatic carbocycles. The van der Waals surface area contributed by atoms with E-state index < -0.39 is 11.7 Å². The van der Waals surface area contributed by atoms with Crippen molar-refractivity contribution in [1.29, 1.82) is 0 Å². The van der Waals surface area contributed by atoms with Gasteiger partial charge < -0.3 is 9.47 Å². The van der Waals surface area contributed by atoms with Gasteiger partial charge in [-0.1, -0.05) is 12.1 Å². The topological polar surface area (TPSA) is 18.5 Å². The van der Waals surface area contributed by atoms with Crippen LogP contribution < -0.4 is 4.74 Å². The maximum absolute atomic E-state index is 12.6. The molecular formula is C12H13F3O2. The molecule has 1 heterocycles. The minimum atomic E-state index is -4.37. The highest BCUT2D eigenvalue weighted by molar-refractivity contribution is 5.35. The lowest BCUT2D eigenvalue weighted by Crippen LogP contribution is -2.14. The molecule has 1 aromatic carbocycles. The zero-order chi connectivity index (χ0) is 12.3. The Hall–Kier alpha value is -1.23. The molecule has 0 radical (unpaired) electrons. The van der Waals surface area contributed by atoms with E-state index in [0.29, 0.717) is 13.2 Å². The number of alkyl halides is 3. The van der Waals surface area contributed by atoms with Gasteiger partial charge in [0.2, 0.25) is 0 Å². The minimum Gasteiger partial charge on any atom is -0.493 e. The third kappa shape index (κ3) is 3.12. The Balaban J connectivity index is 2.04. The molecule has 0 bridgehead atoms. The van der Waals surface area contributed by atoms with E-state index >= 15 is 0 Å². The number of halogens is 3. The first-order chi connectivity index (χ1) is 8.07. The first-order valence-corrected chi connectivity index (χ1v) is 5.44. The fraction of sp³-hybridized carbons (Fsp3) is 0.500. The van der Waals surface area contributed by atoms with E-state index in [0.717, 1.165) is 12.5 Å². The Morgan fingerprint density at radius 3 is 2.71 bits per heavy atom. The largest absolute Gasteiger partial charge is 0.493 e. The highest BCUT2D eigenvalue weighted by atomic mass is 19.4. The van der Waals surface area contributed by atoms with Crippen molar-refractivity contribution in [1.82, 2.24) is 0 Å². The molecule has 0 N–H and O–H groups in total. The van der Waals surface area contributed by atoms with Gasteiger partial charge in [0.05, 0.1) is 18.8 Å². The second kappa shape index (κ2) is 4.96. The molecule has 5 heteroatoms. The van der Waals surface area contributed by atoms with Gasteiger partial charge in [0.1, 0.15) is 5.75 Å². The fourth-order valence-electron chi connectivity index (χ4n) is 1.75. The smallest absolute Gasteiger partial charge is 0.419 e. The number of benzene rings is 1. The second-order valence-electron chi connectivity index (χ2n) is 4.03. The van der Waals surface area contributed by atoms with Gasteiger partial charge in [-0.2, -0.15) is 13.2 Å². The molecule has 94 valence electrons. The van der Waals surface area contributed by atoms with E-state index in [9.17, 15) is 13.2 Å². The van der Waals surface area contributed by atoms with Crippen LogP contribution in [-0.4, -0.2) is 19.8 Å². The number of para-hydroxylation sites is 1. The number of rotatable bonds is 3. The van der Waals surface area contributed by atoms with Crippen molar-refractivity contribution in [3.8, 4) is 5.75 Å². The van der Waals surface area contributed by atoms with Gasteiger partial charge in [0.15, 0.2) is 0 Å². The van der Waals surface area contributed by atoms with Crippen LogP contribution in [0.15, 0.2) is 24.3 Å². The zero-order valence-corrected chi connectivity index (χ0v) is 9.17. The van der Waals surface area contributed by atoms with Gasteiger partial charge in [-0.05, 0) is 18.6 Å². The summed E-state index contributed by atoms with van der Waals surface area (Å²) < 4.78 is 48.3. The lowest BCUT2D eigenvalue weighted by Gasteiger charge is -2.15. The molecular weight excluding hydrogens is 233 g/mol. The Morgan fingerprint density at radius 1 is 1.29 bits per heavy atom. The molecule has 1 aliphatic heterocycles. The number of hydrogen-bond acceptors (Lipinski definition) is 2. The zero-order valence-electron chi connectivity index (χ0n) is 9.17. The van der Waals surface area contributed by atoms with Crippen LogP contribution in [0.4, 0.5) is 13.2 Å². The van der Waals surface area contributed by atoms with Crippen molar-refractivity contribution in [2.45, 2.75) is 12.6 Å². The summed E-state index contributed by atoms with van der Waals surface area (Å²) in [7, 11) is 0. The highest BCUT2D eigenvalue weighted by Gasteiger charge is 2.34. The first kappa shape index (κ1) is 12.2. The summed E-state index contributed by atoms with van der Waals surface area (Å²) >= 11 is 0. The predicted molar refractivity (Wildman–Crippen MR) is 55.9 cm³/mol. The van der Waals surface area contributed by atoms with Crippen LogP contribution in [0.3, 0.4) is 0 Å². The Morgan fingerprint density at radius 2 is 2.06 bits per heavy atom. The minimum absolute atomic E-state index is 0.105. The summed E-state index contributed by atoms with van der Waals surface area (Å²) in [6.07, 6.45) is -3.53. The maximum Gasteiger partial charge on any atom is 0.419 e. The average molecular weight is 246 g/mol. The van der Waals surface area contributed by atoms with Crippen LogP contribution in [0, 0.1) is 5.92 Å². The van der Waals surface area contributed by atoms with Crippen LogP contribution in [0.25, 0.3) is 0 Å². The maximum atomic E-state index is 12.6. The van der Waals surface area contributed by atoms with E-state index in [-0.39, 0.29) is 18.3 Å². The van der Waals surface area contributed by atoms with Gasteiger partial charge in [0.25, 0.3) is 0 Å². The summed E-state index contributed by atoms with van der Waals surface area (Å²) in [6.45, 7) is 1.50. The van der Waals surface area contributed by atoms with Crippen LogP contribution in [0.1, 0.15) is 12.0 Å². The molecule has 1 fully saturated rings. The molecule has 1 saturated heterocycles. The van der Waals surface area contributed by atoms with E-state index in [4.69, 9.17) is 9.47 Å². The van der Waals surface area contributed by atoms with Gasteiger partial charge in [-0.25, -0.2) is 0 Å². The second-order valence-corrected chi connectivity index (χ2v) is 4.03. The molecule has 0 saturated carbocycles. The fourth-order valence-corrected chi connectivity index (χ4v) is 1.75. The van der Waals surface area contributed by atoms with E-state index in [1.807, 2.05) is 0 Å². The van der Waals surface area contributed by atoms with Crippen LogP contribution >= 0.6 is 0 Å². The monoisotopic (exact) mass is 246 g/mol. The standard InChI is InChI=1S/C12H13F3O2/c13-12(14,15)10-3-1-2-4-11(10)17-8-9-5-6-16-7-9/h1-4,9H,5-8H2. The van der Waals surface area contributed by atoms with Gasteiger partial charge in [-0.15, -0.1) is 0 Å². The summed E-state index contributed by atoms with van der Waals surface area (Å²) in [6, 6.07) is 5.27. The van der Waals surface area contributed by atoms with Crippen LogP contribution in [-0.2, 0) is 10.9 Å². The van der Waals surface area contributed by atoms with Crippen molar-refractivity contribution < 1.29 is 22.6 Å². The Bertz CT molecular complexity index is 370. The normalized spacial score (nSPS) is 20.5. The Kier molecular flexibility index (Phi) is 3.57. The Labute approximate surface area is 97.3 Å². The summed E-state index contributed by atoms with van der Waals surface area (Å²) in [4.78, 5) is 0. The van der Waals surface area contributed by atoms with E-state index in [1.54, 1.807) is 0 Å². The molecule has 1 aliphatic rings. The molecule has 1 atom stereocenters.